The maximum absolute atomic E-state index is 8.41. The minimum atomic E-state index is 0.0130. The van der Waals surface area contributed by atoms with Crippen LogP contribution >= 0.6 is 0 Å². The second-order valence-electron chi connectivity index (χ2n) is 2.77. The highest BCUT2D eigenvalue weighted by atomic mass is 16.7. The molecule has 0 spiro atoms. The second-order valence-corrected chi connectivity index (χ2v) is 2.77. The summed E-state index contributed by atoms with van der Waals surface area (Å²) in [7, 11) is 0. The van der Waals surface area contributed by atoms with Gasteiger partial charge in [0.25, 0.3) is 0 Å². The Bertz CT molecular complexity index is 311. The van der Waals surface area contributed by atoms with Crippen LogP contribution in [0.25, 0.3) is 0 Å². The van der Waals surface area contributed by atoms with Crippen LogP contribution in [0.3, 0.4) is 0 Å². The predicted octanol–water partition coefficient (Wildman–Crippen LogP) is 1.02. The number of hydrogen-bond donors (Lipinski definition) is 1. The average molecular weight is 206 g/mol. The van der Waals surface area contributed by atoms with E-state index in [1.807, 2.05) is 30.3 Å². The van der Waals surface area contributed by atoms with Gasteiger partial charge < -0.3 is 14.6 Å². The molecular formula is C12H14O3. The molecule has 0 saturated carbocycles. The van der Waals surface area contributed by atoms with Gasteiger partial charge >= 0.3 is 0 Å². The molecule has 15 heavy (non-hydrogen) atoms. The van der Waals surface area contributed by atoms with Crippen molar-refractivity contribution in [1.82, 2.24) is 0 Å². The van der Waals surface area contributed by atoms with Crippen LogP contribution in [0.4, 0.5) is 0 Å². The Hall–Kier alpha value is -1.34. The van der Waals surface area contributed by atoms with Gasteiger partial charge in [0.05, 0.1) is 13.2 Å². The Morgan fingerprint density at radius 1 is 1.13 bits per heavy atom. The molecule has 0 radical (unpaired) electrons. The molecule has 3 heteroatoms. The molecule has 0 bridgehead atoms. The van der Waals surface area contributed by atoms with Crippen molar-refractivity contribution in [2.45, 2.75) is 0 Å². The number of rotatable bonds is 5. The summed E-state index contributed by atoms with van der Waals surface area (Å²) in [6.45, 7) is 0.815. The van der Waals surface area contributed by atoms with Crippen LogP contribution in [0, 0.1) is 11.8 Å². The van der Waals surface area contributed by atoms with Gasteiger partial charge in [-0.05, 0) is 12.1 Å². The first kappa shape index (κ1) is 11.7. The van der Waals surface area contributed by atoms with E-state index in [0.29, 0.717) is 13.2 Å². The zero-order chi connectivity index (χ0) is 10.8. The molecule has 1 N–H and O–H groups in total. The molecule has 0 fully saturated rings. The fraction of sp³-hybridized carbons (Fsp3) is 0.333. The number of ether oxygens (including phenoxy) is 2. The van der Waals surface area contributed by atoms with Gasteiger partial charge in [0.2, 0.25) is 0 Å². The van der Waals surface area contributed by atoms with Gasteiger partial charge in [0, 0.05) is 5.56 Å². The summed E-state index contributed by atoms with van der Waals surface area (Å²) in [6, 6.07) is 9.71. The van der Waals surface area contributed by atoms with Crippen LogP contribution in [0.15, 0.2) is 30.3 Å². The number of aliphatic hydroxyl groups is 1. The van der Waals surface area contributed by atoms with E-state index in [1.54, 1.807) is 0 Å². The van der Waals surface area contributed by atoms with Crippen molar-refractivity contribution in [2.24, 2.45) is 0 Å². The minimum Gasteiger partial charge on any atom is -0.394 e. The Labute approximate surface area is 89.6 Å². The van der Waals surface area contributed by atoms with Crippen LogP contribution in [0.2, 0.25) is 0 Å². The Balaban J connectivity index is 2.12. The molecule has 80 valence electrons. The molecule has 1 aromatic rings. The first-order valence-electron chi connectivity index (χ1n) is 4.74. The summed E-state index contributed by atoms with van der Waals surface area (Å²) in [5.41, 5.74) is 0.970. The van der Waals surface area contributed by atoms with Crippen molar-refractivity contribution in [3.63, 3.8) is 0 Å². The van der Waals surface area contributed by atoms with E-state index in [-0.39, 0.29) is 13.4 Å². The molecule has 0 unspecified atom stereocenters. The van der Waals surface area contributed by atoms with Crippen molar-refractivity contribution in [2.75, 3.05) is 26.6 Å². The molecule has 1 rings (SSSR count). The molecule has 0 saturated heterocycles. The summed E-state index contributed by atoms with van der Waals surface area (Å²) in [4.78, 5) is 0. The summed E-state index contributed by atoms with van der Waals surface area (Å²) in [6.07, 6.45) is 0. The first-order chi connectivity index (χ1) is 7.43. The van der Waals surface area contributed by atoms with Crippen molar-refractivity contribution in [3.8, 4) is 11.8 Å². The number of hydrogen-bond acceptors (Lipinski definition) is 3. The first-order valence-corrected chi connectivity index (χ1v) is 4.74. The van der Waals surface area contributed by atoms with Crippen LogP contribution in [-0.2, 0) is 9.47 Å². The van der Waals surface area contributed by atoms with E-state index in [2.05, 4.69) is 11.8 Å². The SMILES string of the molecule is OCCOCOCC#Cc1ccccc1. The fourth-order valence-corrected chi connectivity index (χ4v) is 0.935. The highest BCUT2D eigenvalue weighted by Gasteiger charge is 1.84. The zero-order valence-electron chi connectivity index (χ0n) is 8.48. The molecule has 0 atom stereocenters. The van der Waals surface area contributed by atoms with Gasteiger partial charge in [-0.3, -0.25) is 0 Å². The smallest absolute Gasteiger partial charge is 0.148 e. The third-order valence-electron chi connectivity index (χ3n) is 1.58. The summed E-state index contributed by atoms with van der Waals surface area (Å²) in [5, 5.41) is 8.41. The largest absolute Gasteiger partial charge is 0.394 e. The topological polar surface area (TPSA) is 38.7 Å². The maximum atomic E-state index is 8.41. The third-order valence-corrected chi connectivity index (χ3v) is 1.58. The van der Waals surface area contributed by atoms with E-state index in [0.717, 1.165) is 5.56 Å². The molecule has 0 aliphatic heterocycles. The lowest BCUT2D eigenvalue weighted by Gasteiger charge is -1.99. The molecule has 0 aliphatic rings. The van der Waals surface area contributed by atoms with Gasteiger partial charge in [-0.25, -0.2) is 0 Å². The van der Waals surface area contributed by atoms with E-state index in [9.17, 15) is 0 Å². The zero-order valence-corrected chi connectivity index (χ0v) is 8.48. The molecule has 0 amide bonds. The monoisotopic (exact) mass is 206 g/mol. The summed E-state index contributed by atoms with van der Waals surface area (Å²) < 4.78 is 9.95. The highest BCUT2D eigenvalue weighted by Crippen LogP contribution is 1.94. The van der Waals surface area contributed by atoms with Gasteiger partial charge in [0.15, 0.2) is 0 Å². The summed E-state index contributed by atoms with van der Waals surface area (Å²) >= 11 is 0. The van der Waals surface area contributed by atoms with Gasteiger partial charge in [-0.1, -0.05) is 30.0 Å². The molecule has 1 aromatic carbocycles. The quantitative estimate of drug-likeness (QED) is 0.444. The van der Waals surface area contributed by atoms with Crippen molar-refractivity contribution >= 4 is 0 Å². The van der Waals surface area contributed by atoms with E-state index in [4.69, 9.17) is 14.6 Å². The Morgan fingerprint density at radius 3 is 2.67 bits per heavy atom. The fourth-order valence-electron chi connectivity index (χ4n) is 0.935. The highest BCUT2D eigenvalue weighted by molar-refractivity contribution is 5.33. The number of aliphatic hydroxyl groups excluding tert-OH is 1. The molecule has 0 heterocycles. The van der Waals surface area contributed by atoms with Crippen LogP contribution in [0.5, 0.6) is 0 Å². The van der Waals surface area contributed by atoms with E-state index in [1.165, 1.54) is 0 Å². The lowest BCUT2D eigenvalue weighted by molar-refractivity contribution is -0.0517. The maximum Gasteiger partial charge on any atom is 0.148 e. The van der Waals surface area contributed by atoms with Gasteiger partial charge in [-0.2, -0.15) is 0 Å². The van der Waals surface area contributed by atoms with Crippen LogP contribution < -0.4 is 0 Å². The van der Waals surface area contributed by atoms with Crippen LogP contribution in [0.1, 0.15) is 5.56 Å². The summed E-state index contributed by atoms with van der Waals surface area (Å²) in [5.74, 6) is 5.82. The van der Waals surface area contributed by atoms with Gasteiger partial charge in [0.1, 0.15) is 13.4 Å². The van der Waals surface area contributed by atoms with Crippen molar-refractivity contribution in [1.29, 1.82) is 0 Å². The molecular weight excluding hydrogens is 192 g/mol. The van der Waals surface area contributed by atoms with E-state index < -0.39 is 0 Å². The van der Waals surface area contributed by atoms with Crippen molar-refractivity contribution < 1.29 is 14.6 Å². The van der Waals surface area contributed by atoms with Gasteiger partial charge in [-0.15, -0.1) is 0 Å². The minimum absolute atomic E-state index is 0.0130. The molecule has 0 aliphatic carbocycles. The molecule has 3 nitrogen and oxygen atoms in total. The standard InChI is InChI=1S/C12H14O3/c13-8-10-15-11-14-9-4-7-12-5-2-1-3-6-12/h1-3,5-6,13H,8-11H2. The lowest BCUT2D eigenvalue weighted by atomic mass is 10.2. The number of benzene rings is 1. The Morgan fingerprint density at radius 2 is 1.93 bits per heavy atom. The molecule has 0 aromatic heterocycles. The van der Waals surface area contributed by atoms with Crippen LogP contribution in [-0.4, -0.2) is 31.7 Å². The Kier molecular flexibility index (Phi) is 6.26. The van der Waals surface area contributed by atoms with E-state index >= 15 is 0 Å². The van der Waals surface area contributed by atoms with Crippen molar-refractivity contribution in [3.05, 3.63) is 35.9 Å². The predicted molar refractivity (Wildman–Crippen MR) is 57.2 cm³/mol. The average Bonchev–Trinajstić information content (AvgIpc) is 2.29. The second kappa shape index (κ2) is 8.01. The normalized spacial score (nSPS) is 9.40. The lowest BCUT2D eigenvalue weighted by Crippen LogP contribution is -2.04. The third kappa shape index (κ3) is 5.87.